The lowest BCUT2D eigenvalue weighted by molar-refractivity contribution is 0.0696. The molecule has 0 bridgehead atoms. The number of carboxylic acid groups (broad SMARTS) is 1. The van der Waals surface area contributed by atoms with Crippen LogP contribution in [0.25, 0.3) is 0 Å². The van der Waals surface area contributed by atoms with Gasteiger partial charge in [-0.15, -0.1) is 0 Å². The summed E-state index contributed by atoms with van der Waals surface area (Å²) in [6.07, 6.45) is 3.51. The van der Waals surface area contributed by atoms with Crippen LogP contribution in [0.5, 0.6) is 0 Å². The Morgan fingerprint density at radius 3 is 2.56 bits per heavy atom. The van der Waals surface area contributed by atoms with Crippen molar-refractivity contribution in [2.45, 2.75) is 39.7 Å². The van der Waals surface area contributed by atoms with E-state index < -0.39 is 5.97 Å². The molecule has 3 heteroatoms. The Morgan fingerprint density at radius 1 is 1.33 bits per heavy atom. The van der Waals surface area contributed by atoms with Crippen LogP contribution in [-0.4, -0.2) is 17.7 Å². The molecule has 3 nitrogen and oxygen atoms in total. The van der Waals surface area contributed by atoms with E-state index in [1.54, 1.807) is 24.3 Å². The van der Waals surface area contributed by atoms with Crippen LogP contribution in [-0.2, 0) is 11.3 Å². The maximum atomic E-state index is 10.7. The van der Waals surface area contributed by atoms with E-state index in [4.69, 9.17) is 9.84 Å². The van der Waals surface area contributed by atoms with Crippen LogP contribution in [0, 0.1) is 5.92 Å². The van der Waals surface area contributed by atoms with Crippen molar-refractivity contribution >= 4 is 5.97 Å². The lowest BCUT2D eigenvalue weighted by Crippen LogP contribution is -2.00. The van der Waals surface area contributed by atoms with Gasteiger partial charge in [-0.05, 0) is 36.5 Å². The minimum Gasteiger partial charge on any atom is -0.478 e. The maximum absolute atomic E-state index is 10.7. The molecule has 0 fully saturated rings. The van der Waals surface area contributed by atoms with Gasteiger partial charge in [0.2, 0.25) is 0 Å². The molecule has 0 amide bonds. The van der Waals surface area contributed by atoms with Crippen LogP contribution < -0.4 is 0 Å². The molecule has 18 heavy (non-hydrogen) atoms. The molecule has 1 atom stereocenters. The number of hydrogen-bond donors (Lipinski definition) is 1. The lowest BCUT2D eigenvalue weighted by Gasteiger charge is -2.08. The molecule has 1 aromatic carbocycles. The zero-order valence-corrected chi connectivity index (χ0v) is 11.2. The van der Waals surface area contributed by atoms with Crippen LogP contribution >= 0.6 is 0 Å². The van der Waals surface area contributed by atoms with Crippen LogP contribution in [0.15, 0.2) is 24.3 Å². The molecule has 0 aliphatic heterocycles. The van der Waals surface area contributed by atoms with E-state index >= 15 is 0 Å². The Hall–Kier alpha value is -1.35. The normalized spacial score (nSPS) is 12.3. The van der Waals surface area contributed by atoms with Gasteiger partial charge in [-0.25, -0.2) is 4.79 Å². The number of benzene rings is 1. The fourth-order valence-electron chi connectivity index (χ4n) is 1.67. The number of carbonyl (C=O) groups is 1. The smallest absolute Gasteiger partial charge is 0.335 e. The van der Waals surface area contributed by atoms with Crippen molar-refractivity contribution in [1.82, 2.24) is 0 Å². The average molecular weight is 250 g/mol. The van der Waals surface area contributed by atoms with Gasteiger partial charge in [-0.3, -0.25) is 0 Å². The molecule has 0 saturated carbocycles. The minimum atomic E-state index is -0.893. The Kier molecular flexibility index (Phi) is 6.44. The molecule has 0 aromatic heterocycles. The van der Waals surface area contributed by atoms with Gasteiger partial charge in [0.1, 0.15) is 0 Å². The second-order valence-electron chi connectivity index (χ2n) is 4.71. The van der Waals surface area contributed by atoms with Crippen molar-refractivity contribution in [2.24, 2.45) is 5.92 Å². The maximum Gasteiger partial charge on any atom is 0.335 e. The van der Waals surface area contributed by atoms with Crippen molar-refractivity contribution in [3.63, 3.8) is 0 Å². The topological polar surface area (TPSA) is 46.5 Å². The highest BCUT2D eigenvalue weighted by atomic mass is 16.5. The van der Waals surface area contributed by atoms with E-state index in [0.717, 1.165) is 24.5 Å². The third-order valence-electron chi connectivity index (χ3n) is 3.15. The van der Waals surface area contributed by atoms with Crippen molar-refractivity contribution in [3.8, 4) is 0 Å². The number of carboxylic acids is 1. The summed E-state index contributed by atoms with van der Waals surface area (Å²) in [5, 5.41) is 8.77. The molecule has 0 spiro atoms. The van der Waals surface area contributed by atoms with Crippen LogP contribution in [0.4, 0.5) is 0 Å². The number of hydrogen-bond acceptors (Lipinski definition) is 2. The van der Waals surface area contributed by atoms with Crippen LogP contribution in [0.1, 0.15) is 49.0 Å². The molecule has 0 heterocycles. The summed E-state index contributed by atoms with van der Waals surface area (Å²) >= 11 is 0. The third-order valence-corrected chi connectivity index (χ3v) is 3.15. The number of aromatic carboxylic acids is 1. The first-order chi connectivity index (χ1) is 8.63. The minimum absolute atomic E-state index is 0.315. The summed E-state index contributed by atoms with van der Waals surface area (Å²) in [7, 11) is 0. The molecular weight excluding hydrogens is 228 g/mol. The van der Waals surface area contributed by atoms with Gasteiger partial charge >= 0.3 is 5.97 Å². The molecule has 0 unspecified atom stereocenters. The molecule has 0 radical (unpaired) electrons. The summed E-state index contributed by atoms with van der Waals surface area (Å²) in [6, 6.07) is 6.83. The van der Waals surface area contributed by atoms with E-state index in [-0.39, 0.29) is 0 Å². The van der Waals surface area contributed by atoms with Crippen molar-refractivity contribution in [3.05, 3.63) is 35.4 Å². The molecule has 1 rings (SSSR count). The van der Waals surface area contributed by atoms with Gasteiger partial charge < -0.3 is 9.84 Å². The van der Waals surface area contributed by atoms with E-state index in [9.17, 15) is 4.79 Å². The predicted molar refractivity (Wildman–Crippen MR) is 71.7 cm³/mol. The van der Waals surface area contributed by atoms with Gasteiger partial charge in [0.15, 0.2) is 0 Å². The predicted octanol–water partition coefficient (Wildman–Crippen LogP) is 3.73. The largest absolute Gasteiger partial charge is 0.478 e. The second-order valence-corrected chi connectivity index (χ2v) is 4.71. The zero-order chi connectivity index (χ0) is 13.4. The van der Waals surface area contributed by atoms with Gasteiger partial charge in [-0.1, -0.05) is 32.4 Å². The highest BCUT2D eigenvalue weighted by Crippen LogP contribution is 2.10. The lowest BCUT2D eigenvalue weighted by atomic mass is 10.0. The Labute approximate surface area is 109 Å². The zero-order valence-electron chi connectivity index (χ0n) is 11.2. The first kappa shape index (κ1) is 14.7. The quantitative estimate of drug-likeness (QED) is 0.715. The van der Waals surface area contributed by atoms with E-state index in [1.807, 2.05) is 0 Å². The van der Waals surface area contributed by atoms with Crippen molar-refractivity contribution in [2.75, 3.05) is 6.61 Å². The van der Waals surface area contributed by atoms with Crippen LogP contribution in [0.3, 0.4) is 0 Å². The monoisotopic (exact) mass is 250 g/mol. The van der Waals surface area contributed by atoms with Crippen molar-refractivity contribution in [1.29, 1.82) is 0 Å². The SMILES string of the molecule is CC[C@H](C)CCCOCc1ccc(C(=O)O)cc1. The molecule has 1 aromatic rings. The first-order valence-electron chi connectivity index (χ1n) is 6.53. The molecule has 0 aliphatic rings. The van der Waals surface area contributed by atoms with E-state index in [2.05, 4.69) is 13.8 Å². The molecule has 100 valence electrons. The average Bonchev–Trinajstić information content (AvgIpc) is 2.38. The molecule has 0 aliphatic carbocycles. The van der Waals surface area contributed by atoms with E-state index in [1.165, 1.54) is 12.8 Å². The fraction of sp³-hybridized carbons (Fsp3) is 0.533. The molecule has 0 saturated heterocycles. The van der Waals surface area contributed by atoms with Gasteiger partial charge in [0, 0.05) is 6.61 Å². The van der Waals surface area contributed by atoms with E-state index in [0.29, 0.717) is 12.2 Å². The van der Waals surface area contributed by atoms with Crippen molar-refractivity contribution < 1.29 is 14.6 Å². The first-order valence-corrected chi connectivity index (χ1v) is 6.53. The Balaban J connectivity index is 2.21. The third kappa shape index (κ3) is 5.32. The van der Waals surface area contributed by atoms with Crippen LogP contribution in [0.2, 0.25) is 0 Å². The standard InChI is InChI=1S/C15H22O3/c1-3-12(2)5-4-10-18-11-13-6-8-14(9-7-13)15(16)17/h6-9,12H,3-5,10-11H2,1-2H3,(H,16,17)/t12-/m0/s1. The highest BCUT2D eigenvalue weighted by molar-refractivity contribution is 5.87. The molecule has 1 N–H and O–H groups in total. The summed E-state index contributed by atoms with van der Waals surface area (Å²) in [6.45, 7) is 5.78. The van der Waals surface area contributed by atoms with Gasteiger partial charge in [-0.2, -0.15) is 0 Å². The van der Waals surface area contributed by atoms with Gasteiger partial charge in [0.25, 0.3) is 0 Å². The summed E-state index contributed by atoms with van der Waals surface area (Å²) in [5.74, 6) is -0.125. The summed E-state index contributed by atoms with van der Waals surface area (Å²) in [5.41, 5.74) is 1.33. The number of rotatable bonds is 8. The summed E-state index contributed by atoms with van der Waals surface area (Å²) < 4.78 is 5.57. The number of ether oxygens (including phenoxy) is 1. The fourth-order valence-corrected chi connectivity index (χ4v) is 1.67. The highest BCUT2D eigenvalue weighted by Gasteiger charge is 2.02. The van der Waals surface area contributed by atoms with Gasteiger partial charge in [0.05, 0.1) is 12.2 Å². The Morgan fingerprint density at radius 2 is 2.00 bits per heavy atom. The molecular formula is C15H22O3. The summed E-state index contributed by atoms with van der Waals surface area (Å²) in [4.78, 5) is 10.7. The second kappa shape index (κ2) is 7.88. The Bertz CT molecular complexity index is 357.